The van der Waals surface area contributed by atoms with E-state index in [1.807, 2.05) is 0 Å². The minimum atomic E-state index is -0.526. The quantitative estimate of drug-likeness (QED) is 0.510. The molecule has 2 aromatic carbocycles. The molecule has 0 radical (unpaired) electrons. The SMILES string of the molecule is COC(=O)c1ccc(F)c(CNc2nn3cc(-c4ccc(F)cc4)nc3s2)c1. The highest BCUT2D eigenvalue weighted by atomic mass is 32.1. The molecule has 0 aliphatic heterocycles. The van der Waals surface area contributed by atoms with Gasteiger partial charge in [0, 0.05) is 17.7 Å². The van der Waals surface area contributed by atoms with Gasteiger partial charge in [-0.25, -0.2) is 23.1 Å². The molecule has 1 N–H and O–H groups in total. The molecular weight excluding hydrogens is 386 g/mol. The Kier molecular flexibility index (Phi) is 4.74. The van der Waals surface area contributed by atoms with Gasteiger partial charge in [-0.2, -0.15) is 0 Å². The van der Waals surface area contributed by atoms with E-state index in [9.17, 15) is 13.6 Å². The van der Waals surface area contributed by atoms with Crippen LogP contribution in [-0.4, -0.2) is 27.7 Å². The summed E-state index contributed by atoms with van der Waals surface area (Å²) in [6.45, 7) is 0.151. The van der Waals surface area contributed by atoms with Crippen LogP contribution in [0.25, 0.3) is 16.2 Å². The molecule has 4 aromatic rings. The number of benzene rings is 2. The van der Waals surface area contributed by atoms with Gasteiger partial charge in [0.1, 0.15) is 11.6 Å². The first kappa shape index (κ1) is 18.1. The van der Waals surface area contributed by atoms with Crippen molar-refractivity contribution in [1.82, 2.24) is 14.6 Å². The minimum Gasteiger partial charge on any atom is -0.465 e. The van der Waals surface area contributed by atoms with E-state index in [-0.39, 0.29) is 17.9 Å². The minimum absolute atomic E-state index is 0.151. The van der Waals surface area contributed by atoms with E-state index in [0.29, 0.717) is 21.3 Å². The van der Waals surface area contributed by atoms with Gasteiger partial charge in [0.15, 0.2) is 0 Å². The molecule has 2 aromatic heterocycles. The topological polar surface area (TPSA) is 68.5 Å². The monoisotopic (exact) mass is 400 g/mol. The van der Waals surface area contributed by atoms with Crippen molar-refractivity contribution in [3.8, 4) is 11.3 Å². The first-order valence-corrected chi connectivity index (χ1v) is 9.08. The number of carbonyl (C=O) groups is 1. The molecule has 0 spiro atoms. The summed E-state index contributed by atoms with van der Waals surface area (Å²) in [6.07, 6.45) is 1.74. The van der Waals surface area contributed by atoms with Crippen LogP contribution in [0.3, 0.4) is 0 Å². The predicted molar refractivity (Wildman–Crippen MR) is 101 cm³/mol. The van der Waals surface area contributed by atoms with E-state index in [4.69, 9.17) is 0 Å². The third-order valence-corrected chi connectivity index (χ3v) is 4.96. The van der Waals surface area contributed by atoms with Crippen molar-refractivity contribution < 1.29 is 18.3 Å². The number of hydrogen-bond donors (Lipinski definition) is 1. The van der Waals surface area contributed by atoms with Crippen LogP contribution in [-0.2, 0) is 11.3 Å². The van der Waals surface area contributed by atoms with E-state index < -0.39 is 11.8 Å². The number of esters is 1. The number of methoxy groups -OCH3 is 1. The number of halogens is 2. The van der Waals surface area contributed by atoms with E-state index >= 15 is 0 Å². The maximum Gasteiger partial charge on any atom is 0.337 e. The molecule has 0 aliphatic carbocycles. The van der Waals surface area contributed by atoms with Gasteiger partial charge in [-0.05, 0) is 42.5 Å². The number of aromatic nitrogens is 3. The fraction of sp³-hybridized carbons (Fsp3) is 0.105. The lowest BCUT2D eigenvalue weighted by molar-refractivity contribution is 0.0600. The molecular formula is C19H14F2N4O2S. The van der Waals surface area contributed by atoms with Crippen LogP contribution in [0.5, 0.6) is 0 Å². The van der Waals surface area contributed by atoms with E-state index in [0.717, 1.165) is 5.56 Å². The second-order valence-corrected chi connectivity index (χ2v) is 6.87. The number of rotatable bonds is 5. The number of imidazole rings is 1. The van der Waals surface area contributed by atoms with Crippen molar-refractivity contribution in [1.29, 1.82) is 0 Å². The Morgan fingerprint density at radius 3 is 2.71 bits per heavy atom. The van der Waals surface area contributed by atoms with Crippen LogP contribution >= 0.6 is 11.3 Å². The summed E-state index contributed by atoms with van der Waals surface area (Å²) in [5, 5.41) is 7.95. The summed E-state index contributed by atoms with van der Waals surface area (Å²) in [5.41, 5.74) is 2.07. The summed E-state index contributed by atoms with van der Waals surface area (Å²) >= 11 is 1.30. The molecule has 0 amide bonds. The zero-order valence-corrected chi connectivity index (χ0v) is 15.5. The molecule has 0 unspecified atom stereocenters. The maximum atomic E-state index is 14.0. The predicted octanol–water partition coefficient (Wildman–Crippen LogP) is 4.13. The van der Waals surface area contributed by atoms with Crippen LogP contribution < -0.4 is 5.32 Å². The number of hydrogen-bond acceptors (Lipinski definition) is 6. The second-order valence-electron chi connectivity index (χ2n) is 5.92. The number of ether oxygens (including phenoxy) is 1. The Morgan fingerprint density at radius 1 is 1.21 bits per heavy atom. The summed E-state index contributed by atoms with van der Waals surface area (Å²) in [6, 6.07) is 10.1. The van der Waals surface area contributed by atoms with Crippen molar-refractivity contribution in [2.24, 2.45) is 0 Å². The molecule has 0 saturated heterocycles. The normalized spacial score (nSPS) is 11.0. The van der Waals surface area contributed by atoms with Gasteiger partial charge in [0.05, 0.1) is 24.6 Å². The molecule has 0 atom stereocenters. The zero-order valence-electron chi connectivity index (χ0n) is 14.6. The third-order valence-electron chi connectivity index (χ3n) is 4.08. The lowest BCUT2D eigenvalue weighted by Crippen LogP contribution is -2.06. The van der Waals surface area contributed by atoms with Crippen LogP contribution in [0.2, 0.25) is 0 Å². The van der Waals surface area contributed by atoms with Crippen molar-refractivity contribution in [3.05, 3.63) is 71.4 Å². The van der Waals surface area contributed by atoms with E-state index in [2.05, 4.69) is 20.1 Å². The fourth-order valence-electron chi connectivity index (χ4n) is 2.66. The molecule has 0 bridgehead atoms. The lowest BCUT2D eigenvalue weighted by Gasteiger charge is -2.06. The largest absolute Gasteiger partial charge is 0.465 e. The number of anilines is 1. The summed E-state index contributed by atoms with van der Waals surface area (Å²) in [4.78, 5) is 16.7. The maximum absolute atomic E-state index is 14.0. The van der Waals surface area contributed by atoms with Crippen molar-refractivity contribution >= 4 is 27.4 Å². The smallest absolute Gasteiger partial charge is 0.337 e. The Labute approximate surface area is 162 Å². The first-order valence-electron chi connectivity index (χ1n) is 8.26. The van der Waals surface area contributed by atoms with Gasteiger partial charge in [0.2, 0.25) is 10.1 Å². The average Bonchev–Trinajstić information content (AvgIpc) is 3.26. The van der Waals surface area contributed by atoms with Gasteiger partial charge in [-0.3, -0.25) is 0 Å². The highest BCUT2D eigenvalue weighted by Gasteiger charge is 2.12. The number of carbonyl (C=O) groups excluding carboxylic acids is 1. The third kappa shape index (κ3) is 3.56. The molecule has 2 heterocycles. The zero-order chi connectivity index (χ0) is 19.7. The molecule has 0 aliphatic rings. The standard InChI is InChI=1S/C19H14F2N4O2S/c1-27-17(26)12-4-7-15(21)13(8-12)9-22-18-24-25-10-16(23-19(25)28-18)11-2-5-14(20)6-3-11/h2-8,10H,9H2,1H3,(H,22,24). The first-order chi connectivity index (χ1) is 13.5. The Hall–Kier alpha value is -3.33. The second kappa shape index (κ2) is 7.35. The average molecular weight is 400 g/mol. The van der Waals surface area contributed by atoms with Crippen LogP contribution in [0.4, 0.5) is 13.9 Å². The number of nitrogens with one attached hydrogen (secondary N) is 1. The molecule has 0 fully saturated rings. The fourth-order valence-corrected chi connectivity index (χ4v) is 3.43. The van der Waals surface area contributed by atoms with Crippen molar-refractivity contribution in [2.45, 2.75) is 6.54 Å². The summed E-state index contributed by atoms with van der Waals surface area (Å²) < 4.78 is 33.3. The van der Waals surface area contributed by atoms with Gasteiger partial charge < -0.3 is 10.1 Å². The lowest BCUT2D eigenvalue weighted by atomic mass is 10.1. The number of fused-ring (bicyclic) bond motifs is 1. The Bertz CT molecular complexity index is 1120. The van der Waals surface area contributed by atoms with Crippen LogP contribution in [0, 0.1) is 11.6 Å². The van der Waals surface area contributed by atoms with Crippen molar-refractivity contribution in [3.63, 3.8) is 0 Å². The molecule has 9 heteroatoms. The van der Waals surface area contributed by atoms with E-state index in [1.165, 1.54) is 48.8 Å². The van der Waals surface area contributed by atoms with Gasteiger partial charge in [-0.15, -0.1) is 5.10 Å². The van der Waals surface area contributed by atoms with Gasteiger partial charge in [0.25, 0.3) is 0 Å². The summed E-state index contributed by atoms with van der Waals surface area (Å²) in [5.74, 6) is -1.26. The van der Waals surface area contributed by atoms with Crippen molar-refractivity contribution in [2.75, 3.05) is 12.4 Å². The Morgan fingerprint density at radius 2 is 2.00 bits per heavy atom. The van der Waals surface area contributed by atoms with Crippen LogP contribution in [0.1, 0.15) is 15.9 Å². The highest BCUT2D eigenvalue weighted by Crippen LogP contribution is 2.25. The molecule has 6 nitrogen and oxygen atoms in total. The van der Waals surface area contributed by atoms with Gasteiger partial charge in [-0.1, -0.05) is 11.3 Å². The molecule has 142 valence electrons. The molecule has 4 rings (SSSR count). The Balaban J connectivity index is 1.51. The molecule has 28 heavy (non-hydrogen) atoms. The molecule has 0 saturated carbocycles. The summed E-state index contributed by atoms with van der Waals surface area (Å²) in [7, 11) is 1.27. The van der Waals surface area contributed by atoms with Crippen LogP contribution in [0.15, 0.2) is 48.7 Å². The van der Waals surface area contributed by atoms with E-state index in [1.54, 1.807) is 22.8 Å². The van der Waals surface area contributed by atoms with Gasteiger partial charge >= 0.3 is 5.97 Å². The number of nitrogens with zero attached hydrogens (tertiary/aromatic N) is 3. The highest BCUT2D eigenvalue weighted by molar-refractivity contribution is 7.20.